The van der Waals surface area contributed by atoms with Crippen molar-refractivity contribution in [3.63, 3.8) is 0 Å². The van der Waals surface area contributed by atoms with Crippen molar-refractivity contribution in [2.24, 2.45) is 5.92 Å². The Bertz CT molecular complexity index is 1140. The van der Waals surface area contributed by atoms with Gasteiger partial charge in [0.05, 0.1) is 6.54 Å². The van der Waals surface area contributed by atoms with Crippen molar-refractivity contribution in [2.45, 2.75) is 64.2 Å². The number of fused-ring (bicyclic) bond motifs is 3. The van der Waals surface area contributed by atoms with E-state index in [0.717, 1.165) is 5.56 Å². The Balaban J connectivity index is 1.65. The molecule has 0 saturated carbocycles. The van der Waals surface area contributed by atoms with Crippen LogP contribution in [0.25, 0.3) is 0 Å². The molecule has 12 heteroatoms. The van der Waals surface area contributed by atoms with Gasteiger partial charge in [-0.3, -0.25) is 25.0 Å². The van der Waals surface area contributed by atoms with E-state index in [1.165, 1.54) is 4.90 Å². The van der Waals surface area contributed by atoms with Crippen LogP contribution in [0.3, 0.4) is 0 Å². The van der Waals surface area contributed by atoms with Crippen molar-refractivity contribution in [2.75, 3.05) is 13.1 Å². The lowest BCUT2D eigenvalue weighted by Gasteiger charge is -2.27. The minimum Gasteiger partial charge on any atom is -0.421 e. The van der Waals surface area contributed by atoms with Gasteiger partial charge in [-0.2, -0.15) is 0 Å². The highest BCUT2D eigenvalue weighted by molar-refractivity contribution is 5.99. The quantitative estimate of drug-likeness (QED) is 0.478. The predicted octanol–water partition coefficient (Wildman–Crippen LogP) is 1.17. The molecule has 4 rings (SSSR count). The predicted molar refractivity (Wildman–Crippen MR) is 132 cm³/mol. The van der Waals surface area contributed by atoms with Crippen LogP contribution < -0.4 is 21.3 Å². The van der Waals surface area contributed by atoms with E-state index < -0.39 is 42.0 Å². The maximum Gasteiger partial charge on any atom is 0.322 e. The molecule has 2 aliphatic heterocycles. The molecule has 1 aromatic heterocycles. The standard InChI is InChI=1S/C25H33N7O5/c1-14(2)12-17-21(34)29-25(36)27-15(3)23-30-31-24(37-23)20(16-8-5-4-6-9-16)26-13-19(33)32-11-7-10-18(32)22(35)28-17/h4-6,8-9,14-15,17-18,20,26H,7,10-13H2,1-3H3,(H,28,35)(H2,27,29,34,36)/t15-,17-,18-,20?/m0/s1. The van der Waals surface area contributed by atoms with E-state index in [9.17, 15) is 19.2 Å². The molecule has 0 radical (unpaired) electrons. The largest absolute Gasteiger partial charge is 0.421 e. The molecule has 2 bridgehead atoms. The molecule has 0 spiro atoms. The van der Waals surface area contributed by atoms with E-state index >= 15 is 0 Å². The third kappa shape index (κ3) is 6.31. The molecule has 1 saturated heterocycles. The molecular weight excluding hydrogens is 478 g/mol. The van der Waals surface area contributed by atoms with Gasteiger partial charge in [0.25, 0.3) is 5.91 Å². The lowest BCUT2D eigenvalue weighted by Crippen LogP contribution is -2.55. The van der Waals surface area contributed by atoms with Gasteiger partial charge in [0.2, 0.25) is 23.6 Å². The second-order valence-electron chi connectivity index (χ2n) is 9.82. The number of aromatic nitrogens is 2. The minimum absolute atomic E-state index is 0.0662. The molecule has 198 valence electrons. The fraction of sp³-hybridized carbons (Fsp3) is 0.520. The fourth-order valence-electron chi connectivity index (χ4n) is 4.62. The number of urea groups is 1. The Morgan fingerprint density at radius 1 is 1.03 bits per heavy atom. The van der Waals surface area contributed by atoms with Crippen molar-refractivity contribution in [3.05, 3.63) is 47.7 Å². The first-order valence-electron chi connectivity index (χ1n) is 12.6. The summed E-state index contributed by atoms with van der Waals surface area (Å²) < 4.78 is 5.87. The van der Waals surface area contributed by atoms with Crippen LogP contribution in [0.1, 0.15) is 69.5 Å². The van der Waals surface area contributed by atoms with Gasteiger partial charge in [-0.05, 0) is 37.7 Å². The number of amides is 5. The van der Waals surface area contributed by atoms with Gasteiger partial charge >= 0.3 is 6.03 Å². The topological polar surface area (TPSA) is 159 Å². The van der Waals surface area contributed by atoms with Crippen molar-refractivity contribution >= 4 is 23.8 Å². The molecule has 4 atom stereocenters. The number of carbonyl (C=O) groups is 4. The van der Waals surface area contributed by atoms with E-state index in [0.29, 0.717) is 25.8 Å². The SMILES string of the molecule is CC(C)C[C@@H]1NC(=O)[C@@H]2CCCN2C(=O)CNC(c2ccccc2)c2nnc(o2)[C@H](C)NC(=O)NC1=O. The van der Waals surface area contributed by atoms with E-state index in [1.807, 2.05) is 44.2 Å². The van der Waals surface area contributed by atoms with Gasteiger partial charge in [-0.15, -0.1) is 10.2 Å². The van der Waals surface area contributed by atoms with Gasteiger partial charge in [-0.25, -0.2) is 4.79 Å². The summed E-state index contributed by atoms with van der Waals surface area (Å²) >= 11 is 0. The molecule has 1 unspecified atom stereocenters. The van der Waals surface area contributed by atoms with Crippen molar-refractivity contribution in [1.82, 2.24) is 36.4 Å². The Morgan fingerprint density at radius 3 is 2.49 bits per heavy atom. The molecule has 12 nitrogen and oxygen atoms in total. The van der Waals surface area contributed by atoms with Gasteiger partial charge < -0.3 is 20.0 Å². The zero-order valence-electron chi connectivity index (χ0n) is 21.2. The first-order valence-corrected chi connectivity index (χ1v) is 12.6. The normalized spacial score (nSPS) is 25.8. The van der Waals surface area contributed by atoms with Crippen molar-refractivity contribution < 1.29 is 23.6 Å². The maximum atomic E-state index is 13.2. The maximum absolute atomic E-state index is 13.2. The number of benzene rings is 1. The first kappa shape index (κ1) is 26.3. The van der Waals surface area contributed by atoms with E-state index in [-0.39, 0.29) is 30.2 Å². The van der Waals surface area contributed by atoms with Crippen LogP contribution in [-0.2, 0) is 14.4 Å². The number of hydrogen-bond acceptors (Lipinski definition) is 8. The van der Waals surface area contributed by atoms with E-state index in [2.05, 4.69) is 31.5 Å². The van der Waals surface area contributed by atoms with Gasteiger partial charge in [0.1, 0.15) is 24.2 Å². The third-order valence-electron chi connectivity index (χ3n) is 6.46. The van der Waals surface area contributed by atoms with Crippen LogP contribution in [0.2, 0.25) is 0 Å². The van der Waals surface area contributed by atoms with Crippen LogP contribution in [-0.4, -0.2) is 64.0 Å². The van der Waals surface area contributed by atoms with Crippen molar-refractivity contribution in [3.8, 4) is 0 Å². The Kier molecular flexibility index (Phi) is 8.17. The summed E-state index contributed by atoms with van der Waals surface area (Å²) in [5.41, 5.74) is 0.805. The second-order valence-corrected chi connectivity index (χ2v) is 9.82. The zero-order valence-corrected chi connectivity index (χ0v) is 21.2. The highest BCUT2D eigenvalue weighted by atomic mass is 16.4. The molecule has 1 fully saturated rings. The number of nitrogens with one attached hydrogen (secondary N) is 4. The van der Waals surface area contributed by atoms with Gasteiger partial charge in [0.15, 0.2) is 0 Å². The summed E-state index contributed by atoms with van der Waals surface area (Å²) in [7, 11) is 0. The van der Waals surface area contributed by atoms with Crippen LogP contribution in [0, 0.1) is 5.92 Å². The summed E-state index contributed by atoms with van der Waals surface area (Å²) in [6.07, 6.45) is 1.48. The highest BCUT2D eigenvalue weighted by Crippen LogP contribution is 2.24. The van der Waals surface area contributed by atoms with Gasteiger partial charge in [-0.1, -0.05) is 44.2 Å². The van der Waals surface area contributed by atoms with Gasteiger partial charge in [0, 0.05) is 6.54 Å². The lowest BCUT2D eigenvalue weighted by atomic mass is 10.0. The molecule has 2 aliphatic rings. The lowest BCUT2D eigenvalue weighted by molar-refractivity contribution is -0.139. The number of carbonyl (C=O) groups excluding carboxylic acids is 4. The first-order chi connectivity index (χ1) is 17.7. The molecule has 1 aromatic carbocycles. The Labute approximate surface area is 214 Å². The number of imide groups is 1. The molecule has 37 heavy (non-hydrogen) atoms. The summed E-state index contributed by atoms with van der Waals surface area (Å²) in [5, 5.41) is 19.1. The Hall–Kier alpha value is -3.80. The second kappa shape index (κ2) is 11.5. The molecular formula is C25H33N7O5. The summed E-state index contributed by atoms with van der Waals surface area (Å²) in [5.74, 6) is -0.865. The van der Waals surface area contributed by atoms with Crippen LogP contribution in [0.5, 0.6) is 0 Å². The third-order valence-corrected chi connectivity index (χ3v) is 6.46. The van der Waals surface area contributed by atoms with Crippen molar-refractivity contribution in [1.29, 1.82) is 0 Å². The highest BCUT2D eigenvalue weighted by Gasteiger charge is 2.37. The molecule has 5 amide bonds. The summed E-state index contributed by atoms with van der Waals surface area (Å²) in [6, 6.07) is 5.66. The molecule has 2 aromatic rings. The number of nitrogens with zero attached hydrogens (tertiary/aromatic N) is 3. The molecule has 3 heterocycles. The number of rotatable bonds is 3. The van der Waals surface area contributed by atoms with E-state index in [1.54, 1.807) is 6.92 Å². The number of hydrogen-bond donors (Lipinski definition) is 4. The fourth-order valence-corrected chi connectivity index (χ4v) is 4.62. The van der Waals surface area contributed by atoms with E-state index in [4.69, 9.17) is 4.42 Å². The van der Waals surface area contributed by atoms with Crippen LogP contribution in [0.4, 0.5) is 4.79 Å². The minimum atomic E-state index is -0.933. The summed E-state index contributed by atoms with van der Waals surface area (Å²) in [6.45, 7) is 5.84. The zero-order chi connectivity index (χ0) is 26.5. The smallest absolute Gasteiger partial charge is 0.322 e. The summed E-state index contributed by atoms with van der Waals surface area (Å²) in [4.78, 5) is 53.4. The molecule has 4 N–H and O–H groups in total. The Morgan fingerprint density at radius 2 is 1.76 bits per heavy atom. The van der Waals surface area contributed by atoms with Crippen LogP contribution in [0.15, 0.2) is 34.7 Å². The molecule has 0 aliphatic carbocycles. The average Bonchev–Trinajstić information content (AvgIpc) is 3.54. The monoisotopic (exact) mass is 511 g/mol. The van der Waals surface area contributed by atoms with Crippen LogP contribution >= 0.6 is 0 Å². The average molecular weight is 512 g/mol.